The summed E-state index contributed by atoms with van der Waals surface area (Å²) in [6, 6.07) is 1.86. The van der Waals surface area contributed by atoms with Crippen molar-refractivity contribution in [2.24, 2.45) is 0 Å². The minimum absolute atomic E-state index is 0.0212. The maximum Gasteiger partial charge on any atom is 0.253 e. The number of pyridine rings is 1. The highest BCUT2D eigenvalue weighted by Crippen LogP contribution is 2.34. The van der Waals surface area contributed by atoms with Crippen LogP contribution in [0.25, 0.3) is 0 Å². The molecule has 1 aliphatic carbocycles. The van der Waals surface area contributed by atoms with Crippen LogP contribution in [-0.2, 0) is 9.59 Å². The molecule has 0 atom stereocenters. The van der Waals surface area contributed by atoms with Gasteiger partial charge in [0.15, 0.2) is 0 Å². The van der Waals surface area contributed by atoms with Crippen LogP contribution in [0.2, 0.25) is 0 Å². The fourth-order valence-electron chi connectivity index (χ4n) is 3.26. The van der Waals surface area contributed by atoms with Gasteiger partial charge in [-0.2, -0.15) is 0 Å². The first-order chi connectivity index (χ1) is 9.62. The fraction of sp³-hybridized carbons (Fsp3) is 0.533. The quantitative estimate of drug-likeness (QED) is 0.844. The van der Waals surface area contributed by atoms with Crippen molar-refractivity contribution in [1.29, 1.82) is 0 Å². The molecule has 20 heavy (non-hydrogen) atoms. The number of aryl methyl sites for hydroxylation is 1. The first-order valence-corrected chi connectivity index (χ1v) is 7.16. The molecule has 106 valence electrons. The molecule has 1 aromatic rings. The highest BCUT2D eigenvalue weighted by molar-refractivity contribution is 6.09. The second-order valence-corrected chi connectivity index (χ2v) is 5.74. The third-order valence-electron chi connectivity index (χ3n) is 4.34. The third kappa shape index (κ3) is 2.07. The van der Waals surface area contributed by atoms with Crippen molar-refractivity contribution in [2.75, 3.05) is 11.4 Å². The average molecular weight is 273 g/mol. The number of hydrogen-bond acceptors (Lipinski definition) is 3. The topological polar surface area (TPSA) is 62.3 Å². The summed E-state index contributed by atoms with van der Waals surface area (Å²) >= 11 is 0. The zero-order chi connectivity index (χ0) is 14.2. The van der Waals surface area contributed by atoms with Gasteiger partial charge in [0.25, 0.3) is 5.91 Å². The normalized spacial score (nSPS) is 21.9. The lowest BCUT2D eigenvalue weighted by Gasteiger charge is -2.44. The largest absolute Gasteiger partial charge is 0.340 e. The van der Waals surface area contributed by atoms with Gasteiger partial charge >= 0.3 is 0 Å². The van der Waals surface area contributed by atoms with Gasteiger partial charge in [0.05, 0.1) is 11.9 Å². The van der Waals surface area contributed by atoms with Gasteiger partial charge < -0.3 is 5.32 Å². The van der Waals surface area contributed by atoms with Gasteiger partial charge in [-0.3, -0.25) is 19.5 Å². The Morgan fingerprint density at radius 1 is 1.25 bits per heavy atom. The molecule has 2 fully saturated rings. The van der Waals surface area contributed by atoms with E-state index in [0.717, 1.165) is 43.4 Å². The lowest BCUT2D eigenvalue weighted by Crippen LogP contribution is -2.67. The van der Waals surface area contributed by atoms with E-state index in [1.807, 2.05) is 13.0 Å². The molecule has 5 heteroatoms. The van der Waals surface area contributed by atoms with E-state index in [0.29, 0.717) is 0 Å². The van der Waals surface area contributed by atoms with Crippen LogP contribution in [0.3, 0.4) is 0 Å². The molecule has 1 spiro atoms. The first-order valence-electron chi connectivity index (χ1n) is 7.16. The Balaban J connectivity index is 1.97. The molecule has 0 unspecified atom stereocenters. The standard InChI is InChI=1S/C15H19N3O2/c1-11-5-8-16-9-12(11)18-10-13(19)17-15(14(18)20)6-3-2-4-7-15/h5,8-9H,2-4,6-7,10H2,1H3,(H,17,19). The molecule has 2 amide bonds. The Morgan fingerprint density at radius 3 is 2.70 bits per heavy atom. The van der Waals surface area contributed by atoms with Crippen LogP contribution in [0.5, 0.6) is 0 Å². The van der Waals surface area contributed by atoms with Gasteiger partial charge in [0.1, 0.15) is 12.1 Å². The van der Waals surface area contributed by atoms with Crippen molar-refractivity contribution in [3.05, 3.63) is 24.0 Å². The van der Waals surface area contributed by atoms with Crippen molar-refractivity contribution >= 4 is 17.5 Å². The highest BCUT2D eigenvalue weighted by atomic mass is 16.2. The van der Waals surface area contributed by atoms with Crippen LogP contribution in [0, 0.1) is 6.92 Å². The number of anilines is 1. The zero-order valence-corrected chi connectivity index (χ0v) is 11.7. The fourth-order valence-corrected chi connectivity index (χ4v) is 3.26. The van der Waals surface area contributed by atoms with Gasteiger partial charge in [-0.25, -0.2) is 0 Å². The minimum Gasteiger partial charge on any atom is -0.340 e. The summed E-state index contributed by atoms with van der Waals surface area (Å²) in [6.45, 7) is 2.03. The predicted molar refractivity (Wildman–Crippen MR) is 75.3 cm³/mol. The van der Waals surface area contributed by atoms with E-state index < -0.39 is 5.54 Å². The Labute approximate surface area is 118 Å². The van der Waals surface area contributed by atoms with Crippen LogP contribution >= 0.6 is 0 Å². The van der Waals surface area contributed by atoms with Crippen molar-refractivity contribution in [3.8, 4) is 0 Å². The molecule has 1 aromatic heterocycles. The second kappa shape index (κ2) is 4.89. The first kappa shape index (κ1) is 13.1. The Bertz CT molecular complexity index is 550. The Morgan fingerprint density at radius 2 is 2.00 bits per heavy atom. The third-order valence-corrected chi connectivity index (χ3v) is 4.34. The lowest BCUT2D eigenvalue weighted by molar-refractivity contribution is -0.137. The van der Waals surface area contributed by atoms with E-state index in [4.69, 9.17) is 0 Å². The lowest BCUT2D eigenvalue weighted by atomic mass is 9.79. The number of nitrogens with zero attached hydrogens (tertiary/aromatic N) is 2. The molecule has 2 heterocycles. The summed E-state index contributed by atoms with van der Waals surface area (Å²) in [5.74, 6) is -0.0531. The summed E-state index contributed by atoms with van der Waals surface area (Å²) in [7, 11) is 0. The summed E-state index contributed by atoms with van der Waals surface area (Å²) < 4.78 is 0. The molecule has 1 saturated carbocycles. The maximum atomic E-state index is 12.9. The molecular weight excluding hydrogens is 254 g/mol. The van der Waals surface area contributed by atoms with Crippen molar-refractivity contribution in [3.63, 3.8) is 0 Å². The molecular formula is C15H19N3O2. The zero-order valence-electron chi connectivity index (χ0n) is 11.7. The van der Waals surface area contributed by atoms with Gasteiger partial charge in [0.2, 0.25) is 5.91 Å². The average Bonchev–Trinajstić information content (AvgIpc) is 2.45. The molecule has 1 saturated heterocycles. The van der Waals surface area contributed by atoms with Crippen LogP contribution in [-0.4, -0.2) is 28.9 Å². The number of carbonyl (C=O) groups is 2. The van der Waals surface area contributed by atoms with E-state index in [1.165, 1.54) is 0 Å². The van der Waals surface area contributed by atoms with E-state index in [2.05, 4.69) is 10.3 Å². The molecule has 0 aromatic carbocycles. The molecule has 1 aliphatic heterocycles. The van der Waals surface area contributed by atoms with Gasteiger partial charge in [-0.05, 0) is 31.4 Å². The van der Waals surface area contributed by atoms with Gasteiger partial charge in [-0.1, -0.05) is 19.3 Å². The summed E-state index contributed by atoms with van der Waals surface area (Å²) in [5.41, 5.74) is 1.03. The van der Waals surface area contributed by atoms with E-state index in [1.54, 1.807) is 17.3 Å². The van der Waals surface area contributed by atoms with Crippen LogP contribution < -0.4 is 10.2 Å². The van der Waals surface area contributed by atoms with E-state index in [9.17, 15) is 9.59 Å². The SMILES string of the molecule is Cc1ccncc1N1CC(=O)NC2(CCCCC2)C1=O. The summed E-state index contributed by atoms with van der Waals surface area (Å²) in [6.07, 6.45) is 7.97. The molecule has 5 nitrogen and oxygen atoms in total. The van der Waals surface area contributed by atoms with Gasteiger partial charge in [-0.15, -0.1) is 0 Å². The van der Waals surface area contributed by atoms with Crippen LogP contribution in [0.4, 0.5) is 5.69 Å². The molecule has 2 aliphatic rings. The molecule has 0 radical (unpaired) electrons. The van der Waals surface area contributed by atoms with Crippen LogP contribution in [0.1, 0.15) is 37.7 Å². The van der Waals surface area contributed by atoms with Crippen LogP contribution in [0.15, 0.2) is 18.5 Å². The number of hydrogen-bond donors (Lipinski definition) is 1. The van der Waals surface area contributed by atoms with E-state index in [-0.39, 0.29) is 18.4 Å². The smallest absolute Gasteiger partial charge is 0.253 e. The number of carbonyl (C=O) groups excluding carboxylic acids is 2. The summed E-state index contributed by atoms with van der Waals surface area (Å²) in [5, 5.41) is 2.95. The summed E-state index contributed by atoms with van der Waals surface area (Å²) in [4.78, 5) is 30.6. The molecule has 0 bridgehead atoms. The predicted octanol–water partition coefficient (Wildman–Crippen LogP) is 1.56. The highest BCUT2D eigenvalue weighted by Gasteiger charge is 2.47. The Kier molecular flexibility index (Phi) is 3.20. The van der Waals surface area contributed by atoms with Crippen molar-refractivity contribution in [1.82, 2.24) is 10.3 Å². The van der Waals surface area contributed by atoms with Crippen molar-refractivity contribution < 1.29 is 9.59 Å². The molecule has 3 rings (SSSR count). The number of piperazine rings is 1. The molecule has 1 N–H and O–H groups in total. The minimum atomic E-state index is -0.685. The monoisotopic (exact) mass is 273 g/mol. The Hall–Kier alpha value is -1.91. The maximum absolute atomic E-state index is 12.9. The second-order valence-electron chi connectivity index (χ2n) is 5.74. The van der Waals surface area contributed by atoms with Crippen molar-refractivity contribution in [2.45, 2.75) is 44.6 Å². The number of amides is 2. The number of aromatic nitrogens is 1. The van der Waals surface area contributed by atoms with E-state index >= 15 is 0 Å². The van der Waals surface area contributed by atoms with Gasteiger partial charge in [0, 0.05) is 6.20 Å². The number of rotatable bonds is 1. The number of nitrogens with one attached hydrogen (secondary N) is 1.